The number of allylic oxidation sites excluding steroid dienone is 3. The van der Waals surface area contributed by atoms with Gasteiger partial charge in [-0.25, -0.2) is 0 Å². The van der Waals surface area contributed by atoms with Crippen molar-refractivity contribution in [3.8, 4) is 0 Å². The summed E-state index contributed by atoms with van der Waals surface area (Å²) in [4.78, 5) is 0. The molecular formula is C13H18O. The fraction of sp³-hybridized carbons (Fsp3) is 0.538. The highest BCUT2D eigenvalue weighted by atomic mass is 16.3. The van der Waals surface area contributed by atoms with E-state index in [0.29, 0.717) is 0 Å². The molecule has 2 atom stereocenters. The van der Waals surface area contributed by atoms with Crippen LogP contribution in [0.25, 0.3) is 0 Å². The highest BCUT2D eigenvalue weighted by Crippen LogP contribution is 2.42. The number of fused-ring (bicyclic) bond motifs is 2. The molecule has 0 aromatic rings. The van der Waals surface area contributed by atoms with Gasteiger partial charge < -0.3 is 5.11 Å². The summed E-state index contributed by atoms with van der Waals surface area (Å²) in [6, 6.07) is 0. The van der Waals surface area contributed by atoms with Crippen molar-refractivity contribution in [2.24, 2.45) is 11.8 Å². The zero-order valence-corrected chi connectivity index (χ0v) is 8.58. The summed E-state index contributed by atoms with van der Waals surface area (Å²) in [5.41, 5.74) is 2.38. The summed E-state index contributed by atoms with van der Waals surface area (Å²) in [7, 11) is 0. The lowest BCUT2D eigenvalue weighted by molar-refractivity contribution is 0.334. The summed E-state index contributed by atoms with van der Waals surface area (Å²) < 4.78 is 0. The Morgan fingerprint density at radius 1 is 1.57 bits per heavy atom. The molecule has 2 rings (SSSR count). The summed E-state index contributed by atoms with van der Waals surface area (Å²) >= 11 is 0. The first-order chi connectivity index (χ1) is 6.83. The Labute approximate surface area is 85.8 Å². The standard InChI is InChI=1S/C13H18O/c1-2-10(9-14)7-12-5-3-11-4-6-13(12)8-11/h2,5,7,11,13-14H,1,3-4,6,8-9H2/b10-7+/t11-,13+/m0/s1. The molecule has 0 aromatic heterocycles. The monoisotopic (exact) mass is 190 g/mol. The van der Waals surface area contributed by atoms with Gasteiger partial charge in [-0.15, -0.1) is 0 Å². The lowest BCUT2D eigenvalue weighted by atomic mass is 9.87. The van der Waals surface area contributed by atoms with E-state index in [4.69, 9.17) is 5.11 Å². The SMILES string of the molecule is C=C/C(=C\C1=CC[C@H]2CC[C@@H]1C2)CO. The van der Waals surface area contributed by atoms with Crippen molar-refractivity contribution in [3.05, 3.63) is 36.0 Å². The Morgan fingerprint density at radius 3 is 3.14 bits per heavy atom. The second-order valence-electron chi connectivity index (χ2n) is 4.40. The first-order valence-electron chi connectivity index (χ1n) is 5.47. The van der Waals surface area contributed by atoms with E-state index in [9.17, 15) is 0 Å². The average molecular weight is 190 g/mol. The van der Waals surface area contributed by atoms with Crippen molar-refractivity contribution in [1.82, 2.24) is 0 Å². The molecule has 2 aliphatic carbocycles. The summed E-state index contributed by atoms with van der Waals surface area (Å²) in [6.45, 7) is 3.81. The zero-order chi connectivity index (χ0) is 9.97. The molecule has 0 aromatic carbocycles. The molecule has 0 amide bonds. The highest BCUT2D eigenvalue weighted by molar-refractivity contribution is 5.33. The van der Waals surface area contributed by atoms with Crippen molar-refractivity contribution in [2.75, 3.05) is 6.61 Å². The second-order valence-corrected chi connectivity index (χ2v) is 4.40. The predicted octanol–water partition coefficient (Wildman–Crippen LogP) is 2.84. The van der Waals surface area contributed by atoms with Crippen LogP contribution in [0.1, 0.15) is 25.7 Å². The fourth-order valence-electron chi connectivity index (χ4n) is 2.62. The third-order valence-electron chi connectivity index (χ3n) is 3.50. The molecular weight excluding hydrogens is 172 g/mol. The maximum absolute atomic E-state index is 9.06. The third-order valence-corrected chi connectivity index (χ3v) is 3.50. The number of rotatable bonds is 3. The lowest BCUT2D eigenvalue weighted by Crippen LogP contribution is -2.05. The van der Waals surface area contributed by atoms with Crippen LogP contribution in [-0.2, 0) is 0 Å². The summed E-state index contributed by atoms with van der Waals surface area (Å²) in [5, 5.41) is 9.06. The number of hydrogen-bond donors (Lipinski definition) is 1. The van der Waals surface area contributed by atoms with E-state index in [-0.39, 0.29) is 6.61 Å². The van der Waals surface area contributed by atoms with Gasteiger partial charge in [0.25, 0.3) is 0 Å². The van der Waals surface area contributed by atoms with Gasteiger partial charge in [0.1, 0.15) is 0 Å². The van der Waals surface area contributed by atoms with Crippen LogP contribution in [0.2, 0.25) is 0 Å². The van der Waals surface area contributed by atoms with E-state index in [2.05, 4.69) is 18.7 Å². The zero-order valence-electron chi connectivity index (χ0n) is 8.58. The van der Waals surface area contributed by atoms with Crippen LogP contribution < -0.4 is 0 Å². The van der Waals surface area contributed by atoms with Crippen LogP contribution in [0.3, 0.4) is 0 Å². The molecule has 0 unspecified atom stereocenters. The van der Waals surface area contributed by atoms with Crippen molar-refractivity contribution in [1.29, 1.82) is 0 Å². The average Bonchev–Trinajstić information content (AvgIpc) is 2.61. The minimum atomic E-state index is 0.108. The van der Waals surface area contributed by atoms with Gasteiger partial charge in [-0.2, -0.15) is 0 Å². The van der Waals surface area contributed by atoms with E-state index >= 15 is 0 Å². The Hall–Kier alpha value is -0.820. The number of aliphatic hydroxyl groups is 1. The first kappa shape index (κ1) is 9.72. The molecule has 2 bridgehead atoms. The minimum Gasteiger partial charge on any atom is -0.392 e. The molecule has 1 nitrogen and oxygen atoms in total. The normalized spacial score (nSPS) is 31.5. The molecule has 0 heterocycles. The smallest absolute Gasteiger partial charge is 0.0681 e. The maximum atomic E-state index is 9.06. The molecule has 0 aliphatic heterocycles. The third kappa shape index (κ3) is 1.83. The van der Waals surface area contributed by atoms with E-state index in [1.807, 2.05) is 0 Å². The van der Waals surface area contributed by atoms with Crippen LogP contribution in [0.15, 0.2) is 36.0 Å². The van der Waals surface area contributed by atoms with Gasteiger partial charge in [-0.3, -0.25) is 0 Å². The van der Waals surface area contributed by atoms with Crippen LogP contribution in [-0.4, -0.2) is 11.7 Å². The fourth-order valence-corrected chi connectivity index (χ4v) is 2.62. The van der Waals surface area contributed by atoms with Crippen LogP contribution in [0.5, 0.6) is 0 Å². The minimum absolute atomic E-state index is 0.108. The quantitative estimate of drug-likeness (QED) is 0.678. The van der Waals surface area contributed by atoms with Gasteiger partial charge in [-0.1, -0.05) is 24.8 Å². The van der Waals surface area contributed by atoms with Crippen molar-refractivity contribution in [2.45, 2.75) is 25.7 Å². The van der Waals surface area contributed by atoms with Gasteiger partial charge >= 0.3 is 0 Å². The Balaban J connectivity index is 2.14. The molecule has 0 radical (unpaired) electrons. The molecule has 1 fully saturated rings. The molecule has 1 saturated carbocycles. The molecule has 2 aliphatic rings. The highest BCUT2D eigenvalue weighted by Gasteiger charge is 2.29. The van der Waals surface area contributed by atoms with Gasteiger partial charge in [-0.05, 0) is 48.7 Å². The second kappa shape index (κ2) is 4.14. The predicted molar refractivity (Wildman–Crippen MR) is 58.9 cm³/mol. The van der Waals surface area contributed by atoms with Crippen molar-refractivity contribution in [3.63, 3.8) is 0 Å². The van der Waals surface area contributed by atoms with Gasteiger partial charge in [0.05, 0.1) is 6.61 Å². The Bertz CT molecular complexity index is 286. The number of hydrogen-bond acceptors (Lipinski definition) is 1. The molecule has 0 spiro atoms. The molecule has 1 N–H and O–H groups in total. The largest absolute Gasteiger partial charge is 0.392 e. The Kier molecular flexibility index (Phi) is 2.87. The van der Waals surface area contributed by atoms with Gasteiger partial charge in [0, 0.05) is 0 Å². The molecule has 0 saturated heterocycles. The summed E-state index contributed by atoms with van der Waals surface area (Å²) in [5.74, 6) is 1.70. The van der Waals surface area contributed by atoms with Crippen LogP contribution in [0.4, 0.5) is 0 Å². The topological polar surface area (TPSA) is 20.2 Å². The van der Waals surface area contributed by atoms with E-state index in [1.165, 1.54) is 31.3 Å². The maximum Gasteiger partial charge on any atom is 0.0681 e. The van der Waals surface area contributed by atoms with Gasteiger partial charge in [0.15, 0.2) is 0 Å². The van der Waals surface area contributed by atoms with E-state index in [0.717, 1.165) is 17.4 Å². The molecule has 14 heavy (non-hydrogen) atoms. The van der Waals surface area contributed by atoms with Crippen molar-refractivity contribution >= 4 is 0 Å². The van der Waals surface area contributed by atoms with E-state index in [1.54, 1.807) is 6.08 Å². The Morgan fingerprint density at radius 2 is 2.43 bits per heavy atom. The number of aliphatic hydroxyl groups excluding tert-OH is 1. The van der Waals surface area contributed by atoms with Gasteiger partial charge in [0.2, 0.25) is 0 Å². The van der Waals surface area contributed by atoms with Crippen molar-refractivity contribution < 1.29 is 5.11 Å². The molecule has 1 heteroatoms. The first-order valence-corrected chi connectivity index (χ1v) is 5.47. The molecule has 76 valence electrons. The van der Waals surface area contributed by atoms with E-state index < -0.39 is 0 Å². The summed E-state index contributed by atoms with van der Waals surface area (Å²) in [6.07, 6.45) is 11.5. The van der Waals surface area contributed by atoms with Crippen LogP contribution in [0, 0.1) is 11.8 Å². The lowest BCUT2D eigenvalue weighted by Gasteiger charge is -2.18. The van der Waals surface area contributed by atoms with Crippen LogP contribution >= 0.6 is 0 Å².